The molecule has 2 atom stereocenters. The maximum atomic E-state index is 4.85. The Kier molecular flexibility index (Phi) is 6.87. The van der Waals surface area contributed by atoms with Gasteiger partial charge in [0.1, 0.15) is 0 Å². The van der Waals surface area contributed by atoms with E-state index in [1.807, 2.05) is 0 Å². The summed E-state index contributed by atoms with van der Waals surface area (Å²) in [5.74, 6) is 1.55. The molecule has 0 radical (unpaired) electrons. The Morgan fingerprint density at radius 2 is 1.68 bits per heavy atom. The highest BCUT2D eigenvalue weighted by atomic mass is 15.2. The third-order valence-electron chi connectivity index (χ3n) is 7.47. The zero-order valence-corrected chi connectivity index (χ0v) is 20.5. The van der Waals surface area contributed by atoms with Crippen LogP contribution in [0.15, 0.2) is 0 Å². The van der Waals surface area contributed by atoms with Gasteiger partial charge in [0.05, 0.1) is 11.4 Å². The summed E-state index contributed by atoms with van der Waals surface area (Å²) >= 11 is 0. The van der Waals surface area contributed by atoms with E-state index < -0.39 is 0 Å². The predicted octanol–water partition coefficient (Wildman–Crippen LogP) is 4.60. The van der Waals surface area contributed by atoms with Crippen molar-refractivity contribution in [3.05, 3.63) is 33.9 Å². The summed E-state index contributed by atoms with van der Waals surface area (Å²) in [4.78, 5) is 5.21. The van der Waals surface area contributed by atoms with Crippen LogP contribution in [0.4, 0.5) is 0 Å². The zero-order valence-electron chi connectivity index (χ0n) is 20.5. The summed E-state index contributed by atoms with van der Waals surface area (Å²) in [6, 6.07) is 0.581. The topological polar surface area (TPSA) is 63.8 Å². The molecule has 0 saturated heterocycles. The van der Waals surface area contributed by atoms with Gasteiger partial charge in [0.15, 0.2) is 0 Å². The van der Waals surface area contributed by atoms with Gasteiger partial charge in [-0.25, -0.2) is 0 Å². The van der Waals surface area contributed by atoms with E-state index in [1.165, 1.54) is 53.3 Å². The number of hydrogen-bond donors (Lipinski definition) is 2. The number of aromatic amines is 2. The van der Waals surface area contributed by atoms with Crippen molar-refractivity contribution in [2.24, 2.45) is 5.92 Å². The number of hydrogen-bond acceptors (Lipinski definition) is 4. The number of fused-ring (bicyclic) bond motifs is 2. The van der Waals surface area contributed by atoms with E-state index >= 15 is 0 Å². The van der Waals surface area contributed by atoms with Crippen LogP contribution < -0.4 is 0 Å². The van der Waals surface area contributed by atoms with Gasteiger partial charge >= 0.3 is 0 Å². The number of nitrogens with one attached hydrogen (secondary N) is 2. The Morgan fingerprint density at radius 3 is 2.39 bits per heavy atom. The van der Waals surface area contributed by atoms with Crippen molar-refractivity contribution in [2.75, 3.05) is 19.6 Å². The van der Waals surface area contributed by atoms with E-state index in [-0.39, 0.29) is 0 Å². The molecular weight excluding hydrogens is 384 g/mol. The molecule has 31 heavy (non-hydrogen) atoms. The molecule has 4 rings (SSSR count). The third-order valence-corrected chi connectivity index (χ3v) is 7.47. The van der Waals surface area contributed by atoms with Crippen LogP contribution in [0.25, 0.3) is 0 Å². The van der Waals surface area contributed by atoms with Crippen LogP contribution in [0.3, 0.4) is 0 Å². The van der Waals surface area contributed by atoms with E-state index in [9.17, 15) is 0 Å². The SMILES string of the molecule is CCN1Cc2c(C(C)C)n[nH]c2CC(CC(C)c2n[nH]c3c2CN(C(C)C)CCC3)C1. The fourth-order valence-electron chi connectivity index (χ4n) is 5.65. The molecule has 0 spiro atoms. The van der Waals surface area contributed by atoms with E-state index in [1.54, 1.807) is 0 Å². The average molecular weight is 427 g/mol. The molecule has 172 valence electrons. The fourth-order valence-corrected chi connectivity index (χ4v) is 5.65. The van der Waals surface area contributed by atoms with Crippen LogP contribution in [0.5, 0.6) is 0 Å². The zero-order chi connectivity index (χ0) is 22.1. The quantitative estimate of drug-likeness (QED) is 0.708. The van der Waals surface area contributed by atoms with Crippen molar-refractivity contribution >= 4 is 0 Å². The Bertz CT molecular complexity index is 863. The first-order valence-electron chi connectivity index (χ1n) is 12.5. The van der Waals surface area contributed by atoms with Gasteiger partial charge in [0.2, 0.25) is 0 Å². The first-order chi connectivity index (χ1) is 14.9. The Labute approximate surface area is 188 Å². The summed E-state index contributed by atoms with van der Waals surface area (Å²) in [5.41, 5.74) is 8.23. The highest BCUT2D eigenvalue weighted by Gasteiger charge is 2.30. The molecule has 6 heteroatoms. The second-order valence-corrected chi connectivity index (χ2v) is 10.5. The van der Waals surface area contributed by atoms with E-state index in [0.717, 1.165) is 39.0 Å². The van der Waals surface area contributed by atoms with Gasteiger partial charge in [-0.15, -0.1) is 0 Å². The fraction of sp³-hybridized carbons (Fsp3) is 0.760. The van der Waals surface area contributed by atoms with Gasteiger partial charge < -0.3 is 0 Å². The lowest BCUT2D eigenvalue weighted by Gasteiger charge is -2.27. The van der Waals surface area contributed by atoms with Gasteiger partial charge in [-0.2, -0.15) is 10.2 Å². The second-order valence-electron chi connectivity index (χ2n) is 10.5. The Hall–Kier alpha value is -1.66. The van der Waals surface area contributed by atoms with Gasteiger partial charge in [0.25, 0.3) is 0 Å². The van der Waals surface area contributed by atoms with Crippen molar-refractivity contribution in [1.29, 1.82) is 0 Å². The summed E-state index contributed by atoms with van der Waals surface area (Å²) in [5, 5.41) is 16.3. The summed E-state index contributed by atoms with van der Waals surface area (Å²) < 4.78 is 0. The normalized spacial score (nSPS) is 21.7. The van der Waals surface area contributed by atoms with Crippen LogP contribution in [-0.2, 0) is 25.9 Å². The second kappa shape index (κ2) is 9.45. The monoisotopic (exact) mass is 426 g/mol. The molecule has 0 aromatic carbocycles. The Morgan fingerprint density at radius 1 is 0.968 bits per heavy atom. The molecular formula is C25H42N6. The van der Waals surface area contributed by atoms with E-state index in [4.69, 9.17) is 5.10 Å². The minimum atomic E-state index is 0.463. The minimum Gasteiger partial charge on any atom is -0.299 e. The molecule has 0 saturated carbocycles. The molecule has 2 aromatic heterocycles. The van der Waals surface area contributed by atoms with Crippen LogP contribution in [0.1, 0.15) is 100 Å². The summed E-state index contributed by atoms with van der Waals surface area (Å²) in [6.45, 7) is 19.3. The predicted molar refractivity (Wildman–Crippen MR) is 126 cm³/mol. The molecule has 0 fully saturated rings. The van der Waals surface area contributed by atoms with Gasteiger partial charge in [-0.1, -0.05) is 27.7 Å². The number of nitrogens with zero attached hydrogens (tertiary/aromatic N) is 4. The molecule has 2 N–H and O–H groups in total. The van der Waals surface area contributed by atoms with Crippen LogP contribution in [0, 0.1) is 5.92 Å². The van der Waals surface area contributed by atoms with Crippen molar-refractivity contribution in [1.82, 2.24) is 30.2 Å². The van der Waals surface area contributed by atoms with E-state index in [0.29, 0.717) is 23.8 Å². The van der Waals surface area contributed by atoms with Crippen molar-refractivity contribution in [3.8, 4) is 0 Å². The van der Waals surface area contributed by atoms with Crippen molar-refractivity contribution in [3.63, 3.8) is 0 Å². The highest BCUT2D eigenvalue weighted by molar-refractivity contribution is 5.31. The van der Waals surface area contributed by atoms with Gasteiger partial charge in [0, 0.05) is 54.1 Å². The molecule has 0 aliphatic carbocycles. The summed E-state index contributed by atoms with van der Waals surface area (Å²) in [6.07, 6.45) is 4.61. The maximum absolute atomic E-state index is 4.85. The third kappa shape index (κ3) is 4.75. The smallest absolute Gasteiger partial charge is 0.0698 e. The molecule has 2 aliphatic rings. The molecule has 0 amide bonds. The number of H-pyrrole nitrogens is 2. The van der Waals surface area contributed by atoms with Gasteiger partial charge in [-0.05, 0) is 64.5 Å². The van der Waals surface area contributed by atoms with Crippen LogP contribution in [-0.4, -0.2) is 55.9 Å². The lowest BCUT2D eigenvalue weighted by molar-refractivity contribution is 0.214. The number of rotatable bonds is 6. The lowest BCUT2D eigenvalue weighted by atomic mass is 9.88. The minimum absolute atomic E-state index is 0.463. The first kappa shape index (κ1) is 22.5. The van der Waals surface area contributed by atoms with Crippen molar-refractivity contribution in [2.45, 2.75) is 98.2 Å². The maximum Gasteiger partial charge on any atom is 0.0698 e. The molecule has 0 bridgehead atoms. The molecule has 2 aliphatic heterocycles. The largest absolute Gasteiger partial charge is 0.299 e. The molecule has 4 heterocycles. The standard InChI is InChI=1S/C25H42N6/c1-7-30-13-19(12-23-20(14-30)24(16(2)3)28-27-23)11-18(6)25-21-15-31(17(4)5)10-8-9-22(21)26-29-25/h16-19H,7-15H2,1-6H3,(H,26,29)(H,27,28). The molecule has 2 aromatic rings. The molecule has 6 nitrogen and oxygen atoms in total. The Balaban J connectivity index is 1.53. The van der Waals surface area contributed by atoms with Crippen LogP contribution in [0.2, 0.25) is 0 Å². The summed E-state index contributed by atoms with van der Waals surface area (Å²) in [7, 11) is 0. The number of aryl methyl sites for hydroxylation is 1. The van der Waals surface area contributed by atoms with E-state index in [2.05, 4.69) is 66.6 Å². The lowest BCUT2D eigenvalue weighted by Crippen LogP contribution is -2.31. The first-order valence-corrected chi connectivity index (χ1v) is 12.5. The average Bonchev–Trinajstić information content (AvgIpc) is 3.18. The number of aromatic nitrogens is 4. The van der Waals surface area contributed by atoms with Crippen molar-refractivity contribution < 1.29 is 0 Å². The highest BCUT2D eigenvalue weighted by Crippen LogP contribution is 2.34. The molecule has 2 unspecified atom stereocenters. The van der Waals surface area contributed by atoms with Gasteiger partial charge in [-0.3, -0.25) is 20.0 Å². The van der Waals surface area contributed by atoms with Crippen LogP contribution >= 0.6 is 0 Å².